The van der Waals surface area contributed by atoms with Gasteiger partial charge in [-0.1, -0.05) is 30.4 Å². The molecular weight excluding hydrogens is 272 g/mol. The zero-order valence-electron chi connectivity index (χ0n) is 10.6. The largest absolute Gasteiger partial charge is 0.362 e. The molecule has 99 valence electrons. The molecule has 4 heteroatoms. The highest BCUT2D eigenvalue weighted by Crippen LogP contribution is 2.15. The van der Waals surface area contributed by atoms with Crippen LogP contribution in [0.15, 0.2) is 59.2 Å². The van der Waals surface area contributed by atoms with Gasteiger partial charge in [-0.25, -0.2) is 0 Å². The molecule has 1 radical (unpaired) electrons. The fourth-order valence-corrected chi connectivity index (χ4v) is 2.64. The fourth-order valence-electron chi connectivity index (χ4n) is 1.63. The number of benzene rings is 1. The number of allylic oxidation sites excluding steroid dienone is 3. The lowest BCUT2D eigenvalue weighted by molar-refractivity contribution is 0.941. The van der Waals surface area contributed by atoms with E-state index in [9.17, 15) is 0 Å². The molecule has 1 aliphatic rings. The van der Waals surface area contributed by atoms with Crippen LogP contribution in [0.1, 0.15) is 6.42 Å². The fraction of sp³-hybridized carbons (Fsp3) is 0.200. The Labute approximate surface area is 124 Å². The van der Waals surface area contributed by atoms with Crippen molar-refractivity contribution in [1.82, 2.24) is 10.6 Å². The summed E-state index contributed by atoms with van der Waals surface area (Å²) >= 11 is 7.07. The van der Waals surface area contributed by atoms with Gasteiger partial charge in [0.05, 0.1) is 0 Å². The number of thiocarbonyl (C=S) groups is 1. The molecule has 0 unspecified atom stereocenters. The third-order valence-corrected chi connectivity index (χ3v) is 3.80. The van der Waals surface area contributed by atoms with Crippen LogP contribution in [-0.4, -0.2) is 17.4 Å². The quantitative estimate of drug-likeness (QED) is 0.493. The van der Waals surface area contributed by atoms with E-state index in [0.717, 1.165) is 24.4 Å². The lowest BCUT2D eigenvalue weighted by atomic mass is 10.1. The first-order chi connectivity index (χ1) is 9.34. The Hall–Kier alpha value is -1.26. The first kappa shape index (κ1) is 14.2. The average molecular weight is 289 g/mol. The van der Waals surface area contributed by atoms with Crippen LogP contribution < -0.4 is 10.6 Å². The Morgan fingerprint density at radius 2 is 2.11 bits per heavy atom. The molecule has 0 spiro atoms. The zero-order chi connectivity index (χ0) is 13.3. The van der Waals surface area contributed by atoms with Crippen molar-refractivity contribution >= 4 is 29.1 Å². The summed E-state index contributed by atoms with van der Waals surface area (Å²) in [6.45, 7) is 0.856. The predicted octanol–water partition coefficient (Wildman–Crippen LogP) is 3.29. The highest BCUT2D eigenvalue weighted by atomic mass is 32.2. The summed E-state index contributed by atoms with van der Waals surface area (Å²) in [4.78, 5) is 1.29. The van der Waals surface area contributed by atoms with Crippen LogP contribution in [-0.2, 0) is 0 Å². The zero-order valence-corrected chi connectivity index (χ0v) is 12.3. The minimum Gasteiger partial charge on any atom is -0.362 e. The molecule has 2 nitrogen and oxygen atoms in total. The van der Waals surface area contributed by atoms with Gasteiger partial charge in [-0.2, -0.15) is 0 Å². The molecule has 0 aromatic heterocycles. The van der Waals surface area contributed by atoms with Crippen LogP contribution in [0.25, 0.3) is 0 Å². The maximum atomic E-state index is 5.25. The van der Waals surface area contributed by atoms with Crippen LogP contribution in [0, 0.1) is 6.42 Å². The maximum absolute atomic E-state index is 5.25. The second kappa shape index (κ2) is 8.02. The molecule has 19 heavy (non-hydrogen) atoms. The van der Waals surface area contributed by atoms with Crippen molar-refractivity contribution in [2.24, 2.45) is 0 Å². The molecule has 0 bridgehead atoms. The molecule has 0 fully saturated rings. The van der Waals surface area contributed by atoms with Crippen LogP contribution in [0.4, 0.5) is 0 Å². The monoisotopic (exact) mass is 289 g/mol. The molecule has 0 heterocycles. The summed E-state index contributed by atoms with van der Waals surface area (Å²) in [6, 6.07) is 10.4. The van der Waals surface area contributed by atoms with E-state index >= 15 is 0 Å². The van der Waals surface area contributed by atoms with Crippen LogP contribution in [0.3, 0.4) is 0 Å². The Bertz CT molecular complexity index is 466. The van der Waals surface area contributed by atoms with Gasteiger partial charge >= 0.3 is 0 Å². The van der Waals surface area contributed by atoms with Gasteiger partial charge in [0.2, 0.25) is 0 Å². The first-order valence-corrected chi connectivity index (χ1v) is 7.67. The Balaban J connectivity index is 1.61. The van der Waals surface area contributed by atoms with Crippen molar-refractivity contribution in [3.8, 4) is 0 Å². The standard InChI is InChI=1S/C15H17N2S2/c18-15(17-13-7-3-1-4-8-13)16-11-12-19-14-9-5-2-6-10-14/h1-3,5-10H,4,11-12H2,(H2,16,17,18). The van der Waals surface area contributed by atoms with E-state index in [1.165, 1.54) is 4.90 Å². The molecule has 2 N–H and O–H groups in total. The second-order valence-corrected chi connectivity index (χ2v) is 5.61. The van der Waals surface area contributed by atoms with Crippen LogP contribution in [0.2, 0.25) is 0 Å². The van der Waals surface area contributed by atoms with Gasteiger partial charge in [0.1, 0.15) is 0 Å². The third-order valence-electron chi connectivity index (χ3n) is 2.54. The van der Waals surface area contributed by atoms with Gasteiger partial charge in [0.15, 0.2) is 5.11 Å². The van der Waals surface area contributed by atoms with E-state index in [2.05, 4.69) is 47.4 Å². The van der Waals surface area contributed by atoms with E-state index in [0.29, 0.717) is 5.11 Å². The molecule has 0 amide bonds. The van der Waals surface area contributed by atoms with Crippen molar-refractivity contribution in [2.45, 2.75) is 11.3 Å². The number of rotatable bonds is 5. The highest BCUT2D eigenvalue weighted by Gasteiger charge is 2.00. The van der Waals surface area contributed by atoms with E-state index in [1.54, 1.807) is 0 Å². The molecule has 1 aliphatic carbocycles. The topological polar surface area (TPSA) is 24.1 Å². The maximum Gasteiger partial charge on any atom is 0.170 e. The first-order valence-electron chi connectivity index (χ1n) is 6.27. The SMILES string of the molecule is S=C(NCCSc1ccccc1)NC1=CC[CH]C=C1. The van der Waals surface area contributed by atoms with Crippen molar-refractivity contribution in [1.29, 1.82) is 0 Å². The van der Waals surface area contributed by atoms with E-state index in [4.69, 9.17) is 12.2 Å². The van der Waals surface area contributed by atoms with Crippen molar-refractivity contribution in [3.63, 3.8) is 0 Å². The summed E-state index contributed by atoms with van der Waals surface area (Å²) in [6.07, 6.45) is 9.25. The summed E-state index contributed by atoms with van der Waals surface area (Å²) in [5.74, 6) is 0.995. The van der Waals surface area contributed by atoms with Crippen molar-refractivity contribution in [2.75, 3.05) is 12.3 Å². The number of hydrogen-bond donors (Lipinski definition) is 2. The number of hydrogen-bond acceptors (Lipinski definition) is 2. The predicted molar refractivity (Wildman–Crippen MR) is 87.0 cm³/mol. The van der Waals surface area contributed by atoms with Crippen molar-refractivity contribution in [3.05, 3.63) is 60.7 Å². The van der Waals surface area contributed by atoms with Crippen molar-refractivity contribution < 1.29 is 0 Å². The number of thioether (sulfide) groups is 1. The third kappa shape index (κ3) is 5.49. The van der Waals surface area contributed by atoms with E-state index < -0.39 is 0 Å². The summed E-state index contributed by atoms with van der Waals surface area (Å²) in [5, 5.41) is 7.08. The Morgan fingerprint density at radius 1 is 1.26 bits per heavy atom. The number of nitrogens with one attached hydrogen (secondary N) is 2. The smallest absolute Gasteiger partial charge is 0.170 e. The van der Waals surface area contributed by atoms with E-state index in [1.807, 2.05) is 30.0 Å². The Kier molecular flexibility index (Phi) is 5.98. The molecule has 0 aliphatic heterocycles. The molecular formula is C15H17N2S2. The van der Waals surface area contributed by atoms with Gasteiger partial charge in [0.25, 0.3) is 0 Å². The van der Waals surface area contributed by atoms with Gasteiger partial charge in [-0.15, -0.1) is 11.8 Å². The minimum absolute atomic E-state index is 0.687. The van der Waals surface area contributed by atoms with Gasteiger partial charge in [0, 0.05) is 22.9 Å². The van der Waals surface area contributed by atoms with Gasteiger partial charge < -0.3 is 10.6 Å². The molecule has 0 saturated heterocycles. The molecule has 2 rings (SSSR count). The molecule has 0 atom stereocenters. The molecule has 1 aromatic carbocycles. The van der Waals surface area contributed by atoms with Gasteiger partial charge in [-0.3, -0.25) is 0 Å². The summed E-state index contributed by atoms with van der Waals surface area (Å²) in [7, 11) is 0. The normalized spacial score (nSPS) is 13.8. The highest BCUT2D eigenvalue weighted by molar-refractivity contribution is 7.99. The second-order valence-electron chi connectivity index (χ2n) is 4.03. The van der Waals surface area contributed by atoms with Gasteiger partial charge in [-0.05, 0) is 43.3 Å². The lowest BCUT2D eigenvalue weighted by Crippen LogP contribution is -2.35. The minimum atomic E-state index is 0.687. The summed E-state index contributed by atoms with van der Waals surface area (Å²) < 4.78 is 0. The average Bonchev–Trinajstić information content (AvgIpc) is 2.46. The van der Waals surface area contributed by atoms with E-state index in [-0.39, 0.29) is 0 Å². The van der Waals surface area contributed by atoms with Crippen LogP contribution in [0.5, 0.6) is 0 Å². The Morgan fingerprint density at radius 3 is 2.84 bits per heavy atom. The summed E-state index contributed by atoms with van der Waals surface area (Å²) in [5.41, 5.74) is 1.07. The lowest BCUT2D eigenvalue weighted by Gasteiger charge is -2.12. The molecule has 0 saturated carbocycles. The molecule has 1 aromatic rings. The van der Waals surface area contributed by atoms with Crippen LogP contribution >= 0.6 is 24.0 Å².